The summed E-state index contributed by atoms with van der Waals surface area (Å²) >= 11 is 2.43. The molecule has 8 heteroatoms. The zero-order valence-corrected chi connectivity index (χ0v) is 22.6. The first-order valence-corrected chi connectivity index (χ1v) is 13.8. The number of pyridine rings is 1. The molecule has 1 aromatic carbocycles. The second-order valence-electron chi connectivity index (χ2n) is 8.51. The van der Waals surface area contributed by atoms with Crippen LogP contribution in [0.15, 0.2) is 48.8 Å². The summed E-state index contributed by atoms with van der Waals surface area (Å²) in [5.74, 6) is -0.912. The Bertz CT molecular complexity index is 906. The molecule has 0 fully saturated rings. The summed E-state index contributed by atoms with van der Waals surface area (Å²) < 4.78 is 6.10. The summed E-state index contributed by atoms with van der Waals surface area (Å²) in [7, 11) is 1.29. The zero-order valence-electron chi connectivity index (χ0n) is 20.4. The van der Waals surface area contributed by atoms with E-state index in [2.05, 4.69) is 38.2 Å². The molecule has 0 bridgehead atoms. The van der Waals surface area contributed by atoms with Crippen LogP contribution in [0.5, 0.6) is 0 Å². The molecule has 2 rings (SSSR count). The van der Waals surface area contributed by atoms with E-state index in [0.29, 0.717) is 17.7 Å². The molecule has 2 N–H and O–H groups in total. The van der Waals surface area contributed by atoms with Crippen LogP contribution >= 0.6 is 22.6 Å². The Labute approximate surface area is 222 Å². The van der Waals surface area contributed by atoms with Crippen LogP contribution in [-0.4, -0.2) is 40.3 Å². The van der Waals surface area contributed by atoms with Crippen molar-refractivity contribution < 1.29 is 19.1 Å². The first-order valence-electron chi connectivity index (χ1n) is 12.3. The van der Waals surface area contributed by atoms with E-state index in [1.54, 1.807) is 30.5 Å². The third-order valence-electron chi connectivity index (χ3n) is 5.68. The maximum absolute atomic E-state index is 12.4. The fourth-order valence-corrected chi connectivity index (χ4v) is 4.24. The molecule has 2 aromatic rings. The number of unbranched alkanes of at least 4 members (excludes halogenated alkanes) is 7. The predicted octanol–water partition coefficient (Wildman–Crippen LogP) is 5.48. The maximum Gasteiger partial charge on any atom is 0.328 e. The number of carbonyl (C=O) groups is 3. The fraction of sp³-hybridized carbons (Fsp3) is 0.481. The van der Waals surface area contributed by atoms with Gasteiger partial charge in [-0.15, -0.1) is 0 Å². The van der Waals surface area contributed by atoms with E-state index >= 15 is 0 Å². The van der Waals surface area contributed by atoms with E-state index in [1.807, 2.05) is 12.1 Å². The highest BCUT2D eigenvalue weighted by Crippen LogP contribution is 2.14. The number of hydrogen-bond donors (Lipinski definition) is 2. The van der Waals surface area contributed by atoms with Crippen molar-refractivity contribution in [2.45, 2.75) is 70.3 Å². The molecule has 0 aliphatic rings. The Kier molecular flexibility index (Phi) is 14.0. The lowest BCUT2D eigenvalue weighted by molar-refractivity contribution is -0.142. The molecule has 2 amide bonds. The van der Waals surface area contributed by atoms with Gasteiger partial charge in [-0.3, -0.25) is 14.6 Å². The van der Waals surface area contributed by atoms with Gasteiger partial charge < -0.3 is 15.4 Å². The summed E-state index contributed by atoms with van der Waals surface area (Å²) in [6.45, 7) is 0. The average molecular weight is 594 g/mol. The van der Waals surface area contributed by atoms with Crippen LogP contribution in [0.2, 0.25) is 0 Å². The number of carbonyl (C=O) groups excluding carboxylic acids is 3. The SMILES string of the molecule is COC(=O)[C@H](Cc1ccc(NC(=O)CCCCCCCCCCI)cc1)NC(=O)c1cccnc1. The zero-order chi connectivity index (χ0) is 25.3. The topological polar surface area (TPSA) is 97.4 Å². The van der Waals surface area contributed by atoms with Crippen molar-refractivity contribution in [3.63, 3.8) is 0 Å². The van der Waals surface area contributed by atoms with Crippen LogP contribution in [0.25, 0.3) is 0 Å². The average Bonchev–Trinajstić information content (AvgIpc) is 2.88. The van der Waals surface area contributed by atoms with Gasteiger partial charge in [0.1, 0.15) is 6.04 Å². The van der Waals surface area contributed by atoms with Crippen molar-refractivity contribution in [2.24, 2.45) is 0 Å². The number of nitrogens with zero attached hydrogens (tertiary/aromatic N) is 1. The molecule has 0 saturated carbocycles. The number of alkyl halides is 1. The van der Waals surface area contributed by atoms with Crippen molar-refractivity contribution in [3.05, 3.63) is 59.9 Å². The van der Waals surface area contributed by atoms with Crippen molar-refractivity contribution in [1.82, 2.24) is 10.3 Å². The maximum atomic E-state index is 12.4. The molecule has 0 aliphatic heterocycles. The minimum absolute atomic E-state index is 0.0102. The number of halogens is 1. The Morgan fingerprint density at radius 1 is 0.943 bits per heavy atom. The molecule has 7 nitrogen and oxygen atoms in total. The van der Waals surface area contributed by atoms with Gasteiger partial charge in [0.05, 0.1) is 12.7 Å². The quantitative estimate of drug-likeness (QED) is 0.116. The molecule has 0 radical (unpaired) electrons. The summed E-state index contributed by atoms with van der Waals surface area (Å²) in [4.78, 5) is 40.8. The normalized spacial score (nSPS) is 11.5. The number of aromatic nitrogens is 1. The summed E-state index contributed by atoms with van der Waals surface area (Å²) in [6.07, 6.45) is 13.5. The van der Waals surface area contributed by atoms with Crippen molar-refractivity contribution in [3.8, 4) is 0 Å². The number of hydrogen-bond acceptors (Lipinski definition) is 5. The van der Waals surface area contributed by atoms with Gasteiger partial charge in [-0.2, -0.15) is 0 Å². The minimum Gasteiger partial charge on any atom is -0.467 e. The molecule has 0 saturated heterocycles. The second-order valence-corrected chi connectivity index (χ2v) is 9.59. The monoisotopic (exact) mass is 593 g/mol. The van der Waals surface area contributed by atoms with Crippen LogP contribution in [0, 0.1) is 0 Å². The van der Waals surface area contributed by atoms with E-state index in [9.17, 15) is 14.4 Å². The van der Waals surface area contributed by atoms with E-state index in [4.69, 9.17) is 4.74 Å². The predicted molar refractivity (Wildman–Crippen MR) is 147 cm³/mol. The molecule has 0 aliphatic carbocycles. The number of anilines is 1. The minimum atomic E-state index is -0.834. The molecule has 1 heterocycles. The number of nitrogens with one attached hydrogen (secondary N) is 2. The first kappa shape index (κ1) is 28.7. The Morgan fingerprint density at radius 3 is 2.20 bits per heavy atom. The van der Waals surface area contributed by atoms with Crippen LogP contribution in [-0.2, 0) is 20.7 Å². The lowest BCUT2D eigenvalue weighted by Crippen LogP contribution is -2.43. The van der Waals surface area contributed by atoms with E-state index < -0.39 is 17.9 Å². The largest absolute Gasteiger partial charge is 0.467 e. The van der Waals surface area contributed by atoms with Gasteiger partial charge in [0.2, 0.25) is 5.91 Å². The Balaban J connectivity index is 1.75. The van der Waals surface area contributed by atoms with Crippen molar-refractivity contribution in [2.75, 3.05) is 16.9 Å². The molecule has 0 spiro atoms. The lowest BCUT2D eigenvalue weighted by Gasteiger charge is -2.17. The smallest absolute Gasteiger partial charge is 0.328 e. The molecule has 0 unspecified atom stereocenters. The molecule has 35 heavy (non-hydrogen) atoms. The van der Waals surface area contributed by atoms with E-state index in [1.165, 1.54) is 56.3 Å². The third kappa shape index (κ3) is 11.7. The van der Waals surface area contributed by atoms with Crippen molar-refractivity contribution >= 4 is 46.1 Å². The fourth-order valence-electron chi connectivity index (χ4n) is 3.70. The highest BCUT2D eigenvalue weighted by atomic mass is 127. The molecular formula is C27H36IN3O4. The lowest BCUT2D eigenvalue weighted by atomic mass is 10.0. The summed E-state index contributed by atoms with van der Waals surface area (Å²) in [5, 5.41) is 5.63. The van der Waals surface area contributed by atoms with Gasteiger partial charge in [-0.25, -0.2) is 4.79 Å². The number of ether oxygens (including phenoxy) is 1. The van der Waals surface area contributed by atoms with Crippen molar-refractivity contribution in [1.29, 1.82) is 0 Å². The van der Waals surface area contributed by atoms with Gasteiger partial charge in [0, 0.05) is 30.9 Å². The second kappa shape index (κ2) is 17.0. The third-order valence-corrected chi connectivity index (χ3v) is 6.44. The number of methoxy groups -OCH3 is 1. The van der Waals surface area contributed by atoms with Crippen LogP contribution in [0.1, 0.15) is 73.7 Å². The molecule has 1 atom stereocenters. The van der Waals surface area contributed by atoms with Gasteiger partial charge in [-0.1, -0.05) is 73.2 Å². The molecular weight excluding hydrogens is 557 g/mol. The molecule has 190 valence electrons. The molecule has 1 aromatic heterocycles. The summed E-state index contributed by atoms with van der Waals surface area (Å²) in [5.41, 5.74) is 1.91. The highest BCUT2D eigenvalue weighted by molar-refractivity contribution is 14.1. The number of rotatable bonds is 16. The Morgan fingerprint density at radius 2 is 1.60 bits per heavy atom. The number of amides is 2. The summed E-state index contributed by atoms with van der Waals surface area (Å²) in [6, 6.07) is 9.73. The number of benzene rings is 1. The Hall–Kier alpha value is -2.49. The highest BCUT2D eigenvalue weighted by Gasteiger charge is 2.22. The van der Waals surface area contributed by atoms with Crippen LogP contribution in [0.3, 0.4) is 0 Å². The standard InChI is InChI=1S/C27H36IN3O4/c1-35-27(34)24(31-26(33)22-11-10-18-29-20-22)19-21-13-15-23(16-14-21)30-25(32)12-8-6-4-2-3-5-7-9-17-28/h10-11,13-16,18,20,24H,2-9,12,17,19H2,1H3,(H,30,32)(H,31,33)/t24-/m0/s1. The van der Waals surface area contributed by atoms with Crippen LogP contribution in [0.4, 0.5) is 5.69 Å². The van der Waals surface area contributed by atoms with Gasteiger partial charge >= 0.3 is 5.97 Å². The van der Waals surface area contributed by atoms with Gasteiger partial charge in [0.25, 0.3) is 5.91 Å². The first-order chi connectivity index (χ1) is 17.0. The van der Waals surface area contributed by atoms with E-state index in [0.717, 1.165) is 18.4 Å². The van der Waals surface area contributed by atoms with Gasteiger partial charge in [-0.05, 0) is 47.1 Å². The number of esters is 1. The van der Waals surface area contributed by atoms with E-state index in [-0.39, 0.29) is 12.3 Å². The van der Waals surface area contributed by atoms with Gasteiger partial charge in [0.15, 0.2) is 0 Å². The van der Waals surface area contributed by atoms with Crippen LogP contribution < -0.4 is 10.6 Å².